The number of ether oxygens (including phenoxy) is 1. The van der Waals surface area contributed by atoms with Crippen molar-refractivity contribution in [2.24, 2.45) is 0 Å². The second kappa shape index (κ2) is 23.5. The summed E-state index contributed by atoms with van der Waals surface area (Å²) in [5, 5.41) is 16.7. The van der Waals surface area contributed by atoms with Crippen molar-refractivity contribution >= 4 is 82.5 Å². The average Bonchev–Trinajstić information content (AvgIpc) is 4.07. The Morgan fingerprint density at radius 2 is 0.971 bits per heavy atom. The minimum Gasteiger partial charge on any atom is -0.447 e. The van der Waals surface area contributed by atoms with Gasteiger partial charge in [-0.15, -0.1) is 0 Å². The monoisotopic (exact) mass is 980 g/mol. The van der Waals surface area contributed by atoms with Crippen molar-refractivity contribution in [2.45, 2.75) is 72.4 Å². The highest BCUT2D eigenvalue weighted by Gasteiger charge is 2.39. The van der Waals surface area contributed by atoms with Crippen molar-refractivity contribution in [3.8, 4) is 6.07 Å². The molecule has 2 aromatic rings. The van der Waals surface area contributed by atoms with Gasteiger partial charge < -0.3 is 9.84 Å². The van der Waals surface area contributed by atoms with Crippen LogP contribution in [0.3, 0.4) is 0 Å². The molecular weight excluding hydrogens is 940 g/mol. The van der Waals surface area contributed by atoms with E-state index in [2.05, 4.69) is 14.7 Å². The van der Waals surface area contributed by atoms with E-state index in [1.165, 1.54) is 13.1 Å². The van der Waals surface area contributed by atoms with Gasteiger partial charge >= 0.3 is 23.6 Å². The number of carbonyl (C=O) groups is 12. The number of nitrogens with one attached hydrogen (secondary N) is 2. The molecule has 0 atom stereocenters. The molecule has 0 radical (unpaired) electrons. The number of nitrogens with zero attached hydrogens (tertiary/aromatic N) is 8. The number of H-pyrrole nitrogens is 2. The Morgan fingerprint density at radius 3 is 1.31 bits per heavy atom. The number of aliphatic hydroxyl groups excluding tert-OH is 1. The first-order chi connectivity index (χ1) is 33.1. The number of rotatable bonds is 11. The number of hydrogen-bond donors (Lipinski definition) is 3. The van der Waals surface area contributed by atoms with Crippen LogP contribution in [0.25, 0.3) is 11.1 Å². The summed E-state index contributed by atoms with van der Waals surface area (Å²) < 4.78 is 6.89. The normalized spacial score (nSPS) is 16.4. The van der Waals surface area contributed by atoms with Crippen molar-refractivity contribution in [2.75, 3.05) is 26.3 Å². The lowest BCUT2D eigenvalue weighted by Gasteiger charge is -2.15. The first-order valence-electron chi connectivity index (χ1n) is 20.5. The van der Waals surface area contributed by atoms with Gasteiger partial charge in [0.15, 0.2) is 0 Å². The van der Waals surface area contributed by atoms with Crippen LogP contribution in [0.4, 0.5) is 9.59 Å². The quantitative estimate of drug-likeness (QED) is 0.186. The summed E-state index contributed by atoms with van der Waals surface area (Å²) in [6.07, 6.45) is 1.31. The second-order valence-electron chi connectivity index (χ2n) is 14.2. The van der Waals surface area contributed by atoms with Gasteiger partial charge in [-0.05, 0) is 13.8 Å². The first kappa shape index (κ1) is 53.3. The van der Waals surface area contributed by atoms with Crippen LogP contribution in [0.1, 0.15) is 70.4 Å². The minimum atomic E-state index is -1.48. The maximum absolute atomic E-state index is 12.3. The fourth-order valence-corrected chi connectivity index (χ4v) is 6.40. The SMILES string of the molecule is CC#N.CCN1C(=O)C=C(c2cn(CCO)c(=O)[nH]c2=O)C1=O.CCN1C(=O)C=C(c2cn(CCOC(=O)N3C(=O)CCC3=O)c(=O)[nH]c2=O)C1=O.O=C(ON1C(=O)CCC1=O)ON1C(=O)CCC1=O. The summed E-state index contributed by atoms with van der Waals surface area (Å²) in [5.74, 6) is -6.37. The second-order valence-corrected chi connectivity index (χ2v) is 14.2. The molecule has 2 aromatic heterocycles. The smallest absolute Gasteiger partial charge is 0.447 e. The van der Waals surface area contributed by atoms with E-state index in [0.717, 1.165) is 37.3 Å². The molecule has 3 N–H and O–H groups in total. The van der Waals surface area contributed by atoms with Gasteiger partial charge in [0.2, 0.25) is 11.8 Å². The molecule has 0 spiro atoms. The molecule has 0 aliphatic carbocycles. The Morgan fingerprint density at radius 1 is 0.614 bits per heavy atom. The van der Waals surface area contributed by atoms with Crippen LogP contribution < -0.4 is 22.5 Å². The number of hydrogen-bond acceptors (Lipinski definition) is 21. The summed E-state index contributed by atoms with van der Waals surface area (Å²) in [5.41, 5.74) is -3.55. The summed E-state index contributed by atoms with van der Waals surface area (Å²) in [7, 11) is 0. The van der Waals surface area contributed by atoms with Crippen LogP contribution in [0.5, 0.6) is 0 Å². The summed E-state index contributed by atoms with van der Waals surface area (Å²) in [6.45, 7) is 4.08. The van der Waals surface area contributed by atoms with Gasteiger partial charge in [-0.25, -0.2) is 14.4 Å². The largest absolute Gasteiger partial charge is 0.560 e. The van der Waals surface area contributed by atoms with Gasteiger partial charge in [0, 0.05) is 83.1 Å². The van der Waals surface area contributed by atoms with Crippen molar-refractivity contribution in [1.29, 1.82) is 5.26 Å². The Labute approximate surface area is 390 Å². The Kier molecular flexibility index (Phi) is 17.9. The first-order valence-corrected chi connectivity index (χ1v) is 20.5. The molecule has 0 unspecified atom stereocenters. The number of nitriles is 1. The molecule has 30 heteroatoms. The third-order valence-electron chi connectivity index (χ3n) is 9.73. The van der Waals surface area contributed by atoms with E-state index in [0.29, 0.717) is 4.90 Å². The van der Waals surface area contributed by atoms with Crippen LogP contribution in [0, 0.1) is 11.3 Å². The molecule has 370 valence electrons. The summed E-state index contributed by atoms with van der Waals surface area (Å²) in [6, 6.07) is 1.75. The lowest BCUT2D eigenvalue weighted by molar-refractivity contribution is -0.198. The average molecular weight is 981 g/mol. The van der Waals surface area contributed by atoms with Gasteiger partial charge in [-0.3, -0.25) is 96.1 Å². The maximum Gasteiger partial charge on any atom is 0.560 e. The Bertz CT molecular complexity index is 2840. The minimum absolute atomic E-state index is 0.0183. The number of aromatic nitrogens is 4. The van der Waals surface area contributed by atoms with E-state index in [1.54, 1.807) is 19.9 Å². The van der Waals surface area contributed by atoms with E-state index in [4.69, 9.17) is 15.1 Å². The molecule has 0 aromatic carbocycles. The Balaban J connectivity index is 0.000000229. The number of imide groups is 7. The topological polar surface area (TPSA) is 402 Å². The van der Waals surface area contributed by atoms with Crippen LogP contribution in [-0.2, 0) is 75.4 Å². The van der Waals surface area contributed by atoms with E-state index < -0.39 is 93.8 Å². The molecule has 5 aliphatic rings. The highest BCUT2D eigenvalue weighted by Crippen LogP contribution is 2.22. The molecule has 70 heavy (non-hydrogen) atoms. The van der Waals surface area contributed by atoms with Crippen molar-refractivity contribution in [3.63, 3.8) is 0 Å². The number of aliphatic hydroxyl groups is 1. The zero-order valence-corrected chi connectivity index (χ0v) is 37.1. The van der Waals surface area contributed by atoms with Crippen LogP contribution >= 0.6 is 0 Å². The zero-order valence-electron chi connectivity index (χ0n) is 37.1. The maximum atomic E-state index is 12.3. The predicted molar refractivity (Wildman–Crippen MR) is 224 cm³/mol. The molecule has 7 rings (SSSR count). The predicted octanol–water partition coefficient (Wildman–Crippen LogP) is -3.31. The van der Waals surface area contributed by atoms with Gasteiger partial charge in [0.1, 0.15) is 6.61 Å². The Hall–Kier alpha value is -9.27. The number of amides is 11. The van der Waals surface area contributed by atoms with Gasteiger partial charge in [-0.1, -0.05) is 10.1 Å². The van der Waals surface area contributed by atoms with E-state index in [-0.39, 0.29) is 110 Å². The molecule has 3 saturated heterocycles. The van der Waals surface area contributed by atoms with Crippen LogP contribution in [0.15, 0.2) is 43.7 Å². The van der Waals surface area contributed by atoms with Gasteiger partial charge in [0.25, 0.3) is 58.4 Å². The lowest BCUT2D eigenvalue weighted by Crippen LogP contribution is -2.37. The molecule has 30 nitrogen and oxygen atoms in total. The standard InChI is InChI=1S/C17H16N4O8.C12H13N3O5.C9H8N2O7.C2H3N/c1-2-20-13(24)7-9(15(20)26)10-8-19(16(27)18-14(10)25)5-6-29-17(28)21-11(22)3-4-12(21)23;1-2-15-9(17)5-7(11(15)19)8-6-14(3-4-16)12(20)13-10(8)18;12-5-1-2-6(13)10(5)17-9(16)18-11-7(14)3-4-8(11)15;1-2-3/h7-8H,2-6H2,1H3,(H,18,25,27);5-6,16H,2-4H2,1H3,(H,13,18,20);1-4H2;1H3. The van der Waals surface area contributed by atoms with Gasteiger partial charge in [-0.2, -0.15) is 15.0 Å². The highest BCUT2D eigenvalue weighted by atomic mass is 16.9. The van der Waals surface area contributed by atoms with E-state index in [1.807, 2.05) is 4.98 Å². The molecule has 7 heterocycles. The van der Waals surface area contributed by atoms with Crippen LogP contribution in [0.2, 0.25) is 0 Å². The molecule has 0 bridgehead atoms. The molecule has 0 saturated carbocycles. The molecule has 5 aliphatic heterocycles. The molecule has 3 fully saturated rings. The number of aromatic amines is 2. The molecule has 11 amide bonds. The van der Waals surface area contributed by atoms with E-state index in [9.17, 15) is 76.7 Å². The summed E-state index contributed by atoms with van der Waals surface area (Å²) in [4.78, 5) is 201. The van der Waals surface area contributed by atoms with Gasteiger partial charge in [0.05, 0.1) is 48.0 Å². The number of carbonyl (C=O) groups excluding carboxylic acids is 12. The van der Waals surface area contributed by atoms with E-state index >= 15 is 0 Å². The van der Waals surface area contributed by atoms with Crippen molar-refractivity contribution in [1.82, 2.24) is 43.9 Å². The van der Waals surface area contributed by atoms with Crippen LogP contribution in [-0.4, -0.2) is 147 Å². The highest BCUT2D eigenvalue weighted by molar-refractivity contribution is 6.34. The van der Waals surface area contributed by atoms with Crippen molar-refractivity contribution < 1.29 is 77.1 Å². The van der Waals surface area contributed by atoms with Crippen molar-refractivity contribution in [3.05, 3.63) is 77.3 Å². The zero-order chi connectivity index (χ0) is 52.1. The lowest BCUT2D eigenvalue weighted by atomic mass is 10.1. The molecular formula is C40H40N10O20. The number of hydroxylamine groups is 4. The third-order valence-corrected chi connectivity index (χ3v) is 9.73. The number of likely N-dealkylation sites (N-methyl/N-ethyl adjacent to an activating group) is 2. The fourth-order valence-electron chi connectivity index (χ4n) is 6.40. The summed E-state index contributed by atoms with van der Waals surface area (Å²) >= 11 is 0. The number of likely N-dealkylation sites (tertiary alicyclic amines) is 1. The third kappa shape index (κ3) is 12.2. The fraction of sp³-hybridized carbons (Fsp3) is 0.375.